The number of hydrogen-bond donors (Lipinski definition) is 3. The van der Waals surface area contributed by atoms with Crippen molar-refractivity contribution in [1.82, 2.24) is 10.1 Å². The number of carbonyl (C=O) groups excluding carboxylic acids is 2. The van der Waals surface area contributed by atoms with E-state index in [1.54, 1.807) is 24.3 Å². The summed E-state index contributed by atoms with van der Waals surface area (Å²) in [6.45, 7) is 0.161. The molecule has 1 aliphatic heterocycles. The molecule has 188 valence electrons. The molecule has 11 nitrogen and oxygen atoms in total. The standard InChI is InChI=1S/C23H20ClFN4O7/c1-34-15-9-18(29(10-15)22(31)26-14-5-3-13(24)4-6-14)21(30)27-17-7-2-12(8-16(17)25)20-19(11-35-28-20)36-23(32)33/h2-8,11,15,18H,9-10H2,1H3,(H,26,31)(H,27,30)(H,32,33)/t15-,18-/m1/s1. The van der Waals surface area contributed by atoms with Gasteiger partial charge in [-0.25, -0.2) is 14.0 Å². The van der Waals surface area contributed by atoms with Crippen LogP contribution in [-0.4, -0.2) is 59.1 Å². The molecule has 0 radical (unpaired) electrons. The summed E-state index contributed by atoms with van der Waals surface area (Å²) < 4.78 is 29.5. The number of ether oxygens (including phenoxy) is 2. The quantitative estimate of drug-likeness (QED) is 0.406. The number of nitrogens with one attached hydrogen (secondary N) is 2. The SMILES string of the molecule is CO[C@@H]1C[C@H](C(=O)Nc2ccc(-c3nocc3OC(=O)O)cc2F)N(C(=O)Nc2ccc(Cl)cc2)C1. The Morgan fingerprint density at radius 3 is 2.61 bits per heavy atom. The highest BCUT2D eigenvalue weighted by atomic mass is 35.5. The Hall–Kier alpha value is -4.16. The molecule has 0 spiro atoms. The van der Waals surface area contributed by atoms with E-state index in [4.69, 9.17) is 26.0 Å². The molecule has 0 saturated carbocycles. The largest absolute Gasteiger partial charge is 0.511 e. The first-order chi connectivity index (χ1) is 17.2. The molecule has 3 amide bonds. The number of carboxylic acid groups (broad SMARTS) is 1. The van der Waals surface area contributed by atoms with Crippen LogP contribution in [0.5, 0.6) is 5.75 Å². The Bertz CT molecular complexity index is 1280. The van der Waals surface area contributed by atoms with Crippen molar-refractivity contribution in [3.8, 4) is 17.0 Å². The predicted octanol–water partition coefficient (Wildman–Crippen LogP) is 4.45. The van der Waals surface area contributed by atoms with Crippen LogP contribution < -0.4 is 15.4 Å². The highest BCUT2D eigenvalue weighted by molar-refractivity contribution is 6.30. The molecule has 1 saturated heterocycles. The van der Waals surface area contributed by atoms with Crippen LogP contribution in [0.3, 0.4) is 0 Å². The number of carbonyl (C=O) groups is 3. The molecule has 0 unspecified atom stereocenters. The maximum absolute atomic E-state index is 14.8. The van der Waals surface area contributed by atoms with Gasteiger partial charge in [-0.05, 0) is 36.4 Å². The van der Waals surface area contributed by atoms with E-state index in [0.717, 1.165) is 12.3 Å². The second-order valence-electron chi connectivity index (χ2n) is 7.78. The minimum Gasteiger partial charge on any atom is -0.449 e. The molecule has 0 bridgehead atoms. The number of urea groups is 1. The lowest BCUT2D eigenvalue weighted by Gasteiger charge is -2.24. The van der Waals surface area contributed by atoms with Crippen LogP contribution in [0.1, 0.15) is 6.42 Å². The first-order valence-corrected chi connectivity index (χ1v) is 10.9. The summed E-state index contributed by atoms with van der Waals surface area (Å²) in [4.78, 5) is 38.0. The van der Waals surface area contributed by atoms with Crippen LogP contribution >= 0.6 is 11.6 Å². The van der Waals surface area contributed by atoms with E-state index >= 15 is 0 Å². The van der Waals surface area contributed by atoms with Crippen LogP contribution in [0.25, 0.3) is 11.3 Å². The number of rotatable bonds is 6. The molecule has 1 aromatic heterocycles. The molecular weight excluding hydrogens is 499 g/mol. The van der Waals surface area contributed by atoms with E-state index in [1.165, 1.54) is 24.1 Å². The van der Waals surface area contributed by atoms with Gasteiger partial charge in [0.1, 0.15) is 11.9 Å². The number of likely N-dealkylation sites (tertiary alicyclic amines) is 1. The van der Waals surface area contributed by atoms with Crippen LogP contribution in [0, 0.1) is 5.82 Å². The van der Waals surface area contributed by atoms with Crippen molar-refractivity contribution >= 4 is 41.1 Å². The Kier molecular flexibility index (Phi) is 7.36. The molecule has 0 aliphatic carbocycles. The minimum absolute atomic E-state index is 0.0297. The normalized spacial score (nSPS) is 17.0. The maximum atomic E-state index is 14.8. The molecule has 2 atom stereocenters. The number of anilines is 2. The molecular formula is C23H20ClFN4O7. The molecule has 1 fully saturated rings. The lowest BCUT2D eigenvalue weighted by molar-refractivity contribution is -0.119. The number of benzene rings is 2. The maximum Gasteiger partial charge on any atom is 0.511 e. The molecule has 2 aromatic carbocycles. The molecule has 1 aliphatic rings. The number of amides is 3. The van der Waals surface area contributed by atoms with Crippen molar-refractivity contribution in [2.75, 3.05) is 24.3 Å². The number of nitrogens with zero attached hydrogens (tertiary/aromatic N) is 2. The molecule has 4 rings (SSSR count). The van der Waals surface area contributed by atoms with Gasteiger partial charge in [0.25, 0.3) is 0 Å². The second-order valence-corrected chi connectivity index (χ2v) is 8.21. The van der Waals surface area contributed by atoms with Gasteiger partial charge in [0.15, 0.2) is 12.0 Å². The first-order valence-electron chi connectivity index (χ1n) is 10.6. The Morgan fingerprint density at radius 2 is 1.94 bits per heavy atom. The Morgan fingerprint density at radius 1 is 1.19 bits per heavy atom. The van der Waals surface area contributed by atoms with Gasteiger partial charge in [0, 0.05) is 36.3 Å². The summed E-state index contributed by atoms with van der Waals surface area (Å²) in [6, 6.07) is 8.76. The number of hydrogen-bond acceptors (Lipinski definition) is 7. The first kappa shape index (κ1) is 24.9. The van der Waals surface area contributed by atoms with Crippen molar-refractivity contribution in [2.24, 2.45) is 0 Å². The molecule has 3 aromatic rings. The summed E-state index contributed by atoms with van der Waals surface area (Å²) in [5.41, 5.74) is 0.481. The van der Waals surface area contributed by atoms with Crippen LogP contribution in [-0.2, 0) is 9.53 Å². The topological polar surface area (TPSA) is 143 Å². The van der Waals surface area contributed by atoms with E-state index in [1.807, 2.05) is 0 Å². The monoisotopic (exact) mass is 518 g/mol. The number of methoxy groups -OCH3 is 1. The number of halogens is 2. The zero-order chi connectivity index (χ0) is 25.8. The van der Waals surface area contributed by atoms with Gasteiger partial charge in [0.2, 0.25) is 11.7 Å². The highest BCUT2D eigenvalue weighted by Gasteiger charge is 2.40. The molecule has 36 heavy (non-hydrogen) atoms. The van der Waals surface area contributed by atoms with Gasteiger partial charge in [-0.15, -0.1) is 0 Å². The summed E-state index contributed by atoms with van der Waals surface area (Å²) in [6.07, 6.45) is -0.791. The average molecular weight is 519 g/mol. The van der Waals surface area contributed by atoms with E-state index in [0.29, 0.717) is 10.7 Å². The second kappa shape index (κ2) is 10.6. The van der Waals surface area contributed by atoms with Crippen molar-refractivity contribution in [2.45, 2.75) is 18.6 Å². The third-order valence-electron chi connectivity index (χ3n) is 5.49. The van der Waals surface area contributed by atoms with E-state index in [9.17, 15) is 18.8 Å². The lowest BCUT2D eigenvalue weighted by atomic mass is 10.1. The van der Waals surface area contributed by atoms with Crippen molar-refractivity contribution in [1.29, 1.82) is 0 Å². The van der Waals surface area contributed by atoms with Crippen molar-refractivity contribution < 1.29 is 37.9 Å². The van der Waals surface area contributed by atoms with Gasteiger partial charge >= 0.3 is 12.2 Å². The fourth-order valence-corrected chi connectivity index (χ4v) is 3.86. The Labute approximate surface area is 208 Å². The molecule has 13 heteroatoms. The Balaban J connectivity index is 1.48. The van der Waals surface area contributed by atoms with Gasteiger partial charge in [0.05, 0.1) is 11.8 Å². The summed E-state index contributed by atoms with van der Waals surface area (Å²) in [5, 5.41) is 18.1. The van der Waals surface area contributed by atoms with Gasteiger partial charge in [-0.3, -0.25) is 4.79 Å². The fraction of sp³-hybridized carbons (Fsp3) is 0.217. The molecule has 3 N–H and O–H groups in total. The fourth-order valence-electron chi connectivity index (χ4n) is 3.74. The van der Waals surface area contributed by atoms with Gasteiger partial charge in [-0.1, -0.05) is 22.8 Å². The van der Waals surface area contributed by atoms with E-state index in [-0.39, 0.29) is 41.8 Å². The summed E-state index contributed by atoms with van der Waals surface area (Å²) in [7, 11) is 1.48. The van der Waals surface area contributed by atoms with E-state index in [2.05, 4.69) is 20.5 Å². The smallest absolute Gasteiger partial charge is 0.449 e. The molecule has 2 heterocycles. The van der Waals surface area contributed by atoms with Crippen molar-refractivity contribution in [3.63, 3.8) is 0 Å². The number of aromatic nitrogens is 1. The van der Waals surface area contributed by atoms with Gasteiger partial charge in [-0.2, -0.15) is 0 Å². The van der Waals surface area contributed by atoms with Crippen LogP contribution in [0.15, 0.2) is 53.3 Å². The average Bonchev–Trinajstić information content (AvgIpc) is 3.48. The highest BCUT2D eigenvalue weighted by Crippen LogP contribution is 2.31. The zero-order valence-corrected chi connectivity index (χ0v) is 19.5. The summed E-state index contributed by atoms with van der Waals surface area (Å²) >= 11 is 5.87. The van der Waals surface area contributed by atoms with E-state index < -0.39 is 30.0 Å². The van der Waals surface area contributed by atoms with Crippen LogP contribution in [0.2, 0.25) is 5.02 Å². The zero-order valence-electron chi connectivity index (χ0n) is 18.7. The third-order valence-corrected chi connectivity index (χ3v) is 5.74. The minimum atomic E-state index is -1.58. The summed E-state index contributed by atoms with van der Waals surface area (Å²) in [5.74, 6) is -1.63. The predicted molar refractivity (Wildman–Crippen MR) is 126 cm³/mol. The lowest BCUT2D eigenvalue weighted by Crippen LogP contribution is -2.45. The van der Waals surface area contributed by atoms with Gasteiger partial charge < -0.3 is 34.6 Å². The van der Waals surface area contributed by atoms with Crippen molar-refractivity contribution in [3.05, 3.63) is 59.6 Å². The van der Waals surface area contributed by atoms with Crippen LogP contribution in [0.4, 0.5) is 25.4 Å². The third kappa shape index (κ3) is 5.56.